The van der Waals surface area contributed by atoms with Gasteiger partial charge in [-0.3, -0.25) is 0 Å². The summed E-state index contributed by atoms with van der Waals surface area (Å²) in [7, 11) is 0. The van der Waals surface area contributed by atoms with Crippen molar-refractivity contribution in [1.82, 2.24) is 0 Å². The van der Waals surface area contributed by atoms with Crippen LogP contribution in [0.15, 0.2) is 24.3 Å². The van der Waals surface area contributed by atoms with Gasteiger partial charge in [-0.25, -0.2) is 14.4 Å². The van der Waals surface area contributed by atoms with E-state index in [9.17, 15) is 14.4 Å². The molecule has 0 saturated heterocycles. The van der Waals surface area contributed by atoms with Crippen LogP contribution in [0, 0.1) is 0 Å². The van der Waals surface area contributed by atoms with Crippen molar-refractivity contribution in [2.45, 2.75) is 26.4 Å². The lowest BCUT2D eigenvalue weighted by molar-refractivity contribution is -0.158. The van der Waals surface area contributed by atoms with E-state index in [1.807, 2.05) is 0 Å². The fourth-order valence-electron chi connectivity index (χ4n) is 1.44. The summed E-state index contributed by atoms with van der Waals surface area (Å²) >= 11 is 0. The van der Waals surface area contributed by atoms with Crippen molar-refractivity contribution in [2.24, 2.45) is 5.73 Å². The SMILES string of the molecule is CC(C)(C)OC(=O)COC(=O)c1cccc(NC(N)=O)c1. The molecule has 0 heterocycles. The summed E-state index contributed by atoms with van der Waals surface area (Å²) in [6.07, 6.45) is 0. The number of rotatable bonds is 4. The number of primary amides is 1. The minimum absolute atomic E-state index is 0.185. The molecule has 0 radical (unpaired) electrons. The molecule has 114 valence electrons. The Labute approximate surface area is 122 Å². The molecule has 21 heavy (non-hydrogen) atoms. The van der Waals surface area contributed by atoms with Gasteiger partial charge in [0.15, 0.2) is 6.61 Å². The molecule has 7 nitrogen and oxygen atoms in total. The van der Waals surface area contributed by atoms with Crippen LogP contribution in [-0.2, 0) is 14.3 Å². The van der Waals surface area contributed by atoms with E-state index in [1.54, 1.807) is 32.9 Å². The van der Waals surface area contributed by atoms with E-state index in [1.165, 1.54) is 12.1 Å². The van der Waals surface area contributed by atoms with Crippen molar-refractivity contribution < 1.29 is 23.9 Å². The van der Waals surface area contributed by atoms with E-state index in [-0.39, 0.29) is 5.56 Å². The van der Waals surface area contributed by atoms with Crippen molar-refractivity contribution in [3.8, 4) is 0 Å². The number of anilines is 1. The third kappa shape index (κ3) is 6.42. The third-order valence-corrected chi connectivity index (χ3v) is 2.11. The molecule has 3 N–H and O–H groups in total. The van der Waals surface area contributed by atoms with Gasteiger partial charge in [-0.1, -0.05) is 6.07 Å². The molecule has 0 atom stereocenters. The van der Waals surface area contributed by atoms with Crippen molar-refractivity contribution in [3.05, 3.63) is 29.8 Å². The van der Waals surface area contributed by atoms with Crippen LogP contribution in [0.3, 0.4) is 0 Å². The summed E-state index contributed by atoms with van der Waals surface area (Å²) in [5.41, 5.74) is 4.88. The quantitative estimate of drug-likeness (QED) is 0.821. The summed E-state index contributed by atoms with van der Waals surface area (Å²) in [5.74, 6) is -1.34. The van der Waals surface area contributed by atoms with Gasteiger partial charge in [0.2, 0.25) is 0 Å². The molecule has 0 aliphatic heterocycles. The molecule has 0 aliphatic rings. The van der Waals surface area contributed by atoms with E-state index in [4.69, 9.17) is 15.2 Å². The zero-order valence-corrected chi connectivity index (χ0v) is 12.1. The Morgan fingerprint density at radius 1 is 1.24 bits per heavy atom. The van der Waals surface area contributed by atoms with E-state index in [0.29, 0.717) is 5.69 Å². The van der Waals surface area contributed by atoms with Gasteiger partial charge in [0.1, 0.15) is 5.60 Å². The van der Waals surface area contributed by atoms with Crippen LogP contribution in [-0.4, -0.2) is 30.2 Å². The van der Waals surface area contributed by atoms with Crippen LogP contribution in [0.5, 0.6) is 0 Å². The maximum absolute atomic E-state index is 11.8. The average molecular weight is 294 g/mol. The molecule has 7 heteroatoms. The van der Waals surface area contributed by atoms with E-state index in [2.05, 4.69) is 5.32 Å². The zero-order valence-electron chi connectivity index (χ0n) is 12.1. The molecule has 1 aromatic carbocycles. The first-order valence-corrected chi connectivity index (χ1v) is 6.23. The van der Waals surface area contributed by atoms with Crippen molar-refractivity contribution in [2.75, 3.05) is 11.9 Å². The van der Waals surface area contributed by atoms with Crippen LogP contribution < -0.4 is 11.1 Å². The van der Waals surface area contributed by atoms with Crippen molar-refractivity contribution in [1.29, 1.82) is 0 Å². The third-order valence-electron chi connectivity index (χ3n) is 2.11. The standard InChI is InChI=1S/C14H18N2O5/c1-14(2,3)21-11(17)8-20-12(18)9-5-4-6-10(7-9)16-13(15)19/h4-7H,8H2,1-3H3,(H3,15,16,19). The zero-order chi connectivity index (χ0) is 16.0. The Morgan fingerprint density at radius 2 is 1.90 bits per heavy atom. The maximum atomic E-state index is 11.8. The summed E-state index contributed by atoms with van der Waals surface area (Å²) in [6.45, 7) is 4.66. The Balaban J connectivity index is 2.60. The van der Waals surface area contributed by atoms with Crippen molar-refractivity contribution in [3.63, 3.8) is 0 Å². The minimum Gasteiger partial charge on any atom is -0.457 e. The second-order valence-electron chi connectivity index (χ2n) is 5.23. The Hall–Kier alpha value is -2.57. The van der Waals surface area contributed by atoms with Crippen LogP contribution in [0.2, 0.25) is 0 Å². The van der Waals surface area contributed by atoms with Gasteiger partial charge in [0.25, 0.3) is 0 Å². The second-order valence-corrected chi connectivity index (χ2v) is 5.23. The smallest absolute Gasteiger partial charge is 0.344 e. The van der Waals surface area contributed by atoms with Gasteiger partial charge in [0.05, 0.1) is 5.56 Å². The highest BCUT2D eigenvalue weighted by atomic mass is 16.6. The molecule has 2 amide bonds. The molecule has 0 fully saturated rings. The molecule has 1 rings (SSSR count). The second kappa shape index (κ2) is 6.74. The van der Waals surface area contributed by atoms with Gasteiger partial charge in [0, 0.05) is 5.69 Å². The number of amides is 2. The predicted octanol–water partition coefficient (Wildman–Crippen LogP) is 1.68. The first-order valence-electron chi connectivity index (χ1n) is 6.23. The van der Waals surface area contributed by atoms with E-state index < -0.39 is 30.2 Å². The lowest BCUT2D eigenvalue weighted by Gasteiger charge is -2.19. The first kappa shape index (κ1) is 16.5. The highest BCUT2D eigenvalue weighted by Gasteiger charge is 2.18. The highest BCUT2D eigenvalue weighted by molar-refractivity contribution is 5.94. The molecule has 0 aromatic heterocycles. The molecular formula is C14H18N2O5. The lowest BCUT2D eigenvalue weighted by Crippen LogP contribution is -2.27. The van der Waals surface area contributed by atoms with Gasteiger partial charge in [-0.15, -0.1) is 0 Å². The van der Waals surface area contributed by atoms with Gasteiger partial charge >= 0.3 is 18.0 Å². The van der Waals surface area contributed by atoms with Crippen LogP contribution >= 0.6 is 0 Å². The van der Waals surface area contributed by atoms with Crippen LogP contribution in [0.4, 0.5) is 10.5 Å². The summed E-state index contributed by atoms with van der Waals surface area (Å²) in [5, 5.41) is 2.34. The Kier molecular flexibility index (Phi) is 5.29. The van der Waals surface area contributed by atoms with Crippen LogP contribution in [0.1, 0.15) is 31.1 Å². The summed E-state index contributed by atoms with van der Waals surface area (Å²) < 4.78 is 9.85. The molecule has 0 unspecified atom stereocenters. The number of carbonyl (C=O) groups excluding carboxylic acids is 3. The Morgan fingerprint density at radius 3 is 2.48 bits per heavy atom. The van der Waals surface area contributed by atoms with E-state index >= 15 is 0 Å². The topological polar surface area (TPSA) is 108 Å². The van der Waals surface area contributed by atoms with Crippen molar-refractivity contribution >= 4 is 23.7 Å². The maximum Gasteiger partial charge on any atom is 0.344 e. The number of hydrogen-bond donors (Lipinski definition) is 2. The molecule has 1 aromatic rings. The monoisotopic (exact) mass is 294 g/mol. The minimum atomic E-state index is -0.741. The average Bonchev–Trinajstić information content (AvgIpc) is 2.33. The molecule has 0 saturated carbocycles. The lowest BCUT2D eigenvalue weighted by atomic mass is 10.2. The number of urea groups is 1. The fraction of sp³-hybridized carbons (Fsp3) is 0.357. The number of esters is 2. The highest BCUT2D eigenvalue weighted by Crippen LogP contribution is 2.12. The van der Waals surface area contributed by atoms with Gasteiger partial charge < -0.3 is 20.5 Å². The Bertz CT molecular complexity index is 549. The number of nitrogens with two attached hydrogens (primary N) is 1. The summed E-state index contributed by atoms with van der Waals surface area (Å²) in [6, 6.07) is 5.26. The normalized spacial score (nSPS) is 10.6. The number of carbonyl (C=O) groups is 3. The predicted molar refractivity (Wildman–Crippen MR) is 75.8 cm³/mol. The van der Waals surface area contributed by atoms with E-state index in [0.717, 1.165) is 0 Å². The van der Waals surface area contributed by atoms with Gasteiger partial charge in [-0.05, 0) is 39.0 Å². The number of ether oxygens (including phenoxy) is 2. The number of benzene rings is 1. The molecule has 0 bridgehead atoms. The summed E-state index contributed by atoms with van der Waals surface area (Å²) in [4.78, 5) is 33.9. The fourth-order valence-corrected chi connectivity index (χ4v) is 1.44. The first-order chi connectivity index (χ1) is 9.67. The number of nitrogens with one attached hydrogen (secondary N) is 1. The number of hydrogen-bond acceptors (Lipinski definition) is 5. The largest absolute Gasteiger partial charge is 0.457 e. The molecular weight excluding hydrogens is 276 g/mol. The molecule has 0 spiro atoms. The molecule has 0 aliphatic carbocycles. The van der Waals surface area contributed by atoms with Gasteiger partial charge in [-0.2, -0.15) is 0 Å². The van der Waals surface area contributed by atoms with Crippen LogP contribution in [0.25, 0.3) is 0 Å².